The van der Waals surface area contributed by atoms with Crippen molar-refractivity contribution in [2.45, 2.75) is 39.2 Å². The first kappa shape index (κ1) is 12.2. The highest BCUT2D eigenvalue weighted by atomic mass is 16.2. The van der Waals surface area contributed by atoms with Crippen molar-refractivity contribution < 1.29 is 4.79 Å². The predicted octanol–water partition coefficient (Wildman–Crippen LogP) is 2.78. The van der Waals surface area contributed by atoms with E-state index in [4.69, 9.17) is 0 Å². The quantitative estimate of drug-likeness (QED) is 0.829. The number of amides is 1. The SMILES string of the molecule is CC(CCc1ccccc1)NC(=O)C1CC1C. The highest BCUT2D eigenvalue weighted by Crippen LogP contribution is 2.37. The fraction of sp³-hybridized carbons (Fsp3) is 0.533. The van der Waals surface area contributed by atoms with Crippen LogP contribution in [0, 0.1) is 11.8 Å². The fourth-order valence-corrected chi connectivity index (χ4v) is 2.14. The van der Waals surface area contributed by atoms with E-state index in [-0.39, 0.29) is 17.9 Å². The van der Waals surface area contributed by atoms with Crippen molar-refractivity contribution in [1.29, 1.82) is 0 Å². The van der Waals surface area contributed by atoms with Gasteiger partial charge >= 0.3 is 0 Å². The summed E-state index contributed by atoms with van der Waals surface area (Å²) in [6, 6.07) is 10.7. The Labute approximate surface area is 103 Å². The summed E-state index contributed by atoms with van der Waals surface area (Å²) in [6.45, 7) is 4.23. The van der Waals surface area contributed by atoms with Crippen LogP contribution in [-0.4, -0.2) is 11.9 Å². The van der Waals surface area contributed by atoms with Crippen LogP contribution in [0.5, 0.6) is 0 Å². The summed E-state index contributed by atoms with van der Waals surface area (Å²) < 4.78 is 0. The molecule has 2 rings (SSSR count). The molecule has 0 aromatic heterocycles. The van der Waals surface area contributed by atoms with Crippen LogP contribution >= 0.6 is 0 Å². The van der Waals surface area contributed by atoms with Gasteiger partial charge < -0.3 is 5.32 Å². The van der Waals surface area contributed by atoms with Crippen LogP contribution in [0.4, 0.5) is 0 Å². The Balaban J connectivity index is 1.71. The van der Waals surface area contributed by atoms with E-state index < -0.39 is 0 Å². The third kappa shape index (κ3) is 3.58. The molecule has 0 aliphatic heterocycles. The second kappa shape index (κ2) is 5.35. The minimum absolute atomic E-state index is 0.248. The van der Waals surface area contributed by atoms with Crippen LogP contribution in [0.3, 0.4) is 0 Å². The maximum absolute atomic E-state index is 11.7. The number of rotatable bonds is 5. The lowest BCUT2D eigenvalue weighted by Crippen LogP contribution is -2.34. The van der Waals surface area contributed by atoms with Gasteiger partial charge in [0.1, 0.15) is 0 Å². The van der Waals surface area contributed by atoms with E-state index in [1.807, 2.05) is 6.07 Å². The summed E-state index contributed by atoms with van der Waals surface area (Å²) in [7, 11) is 0. The molecule has 0 heterocycles. The molecule has 1 aromatic rings. The maximum atomic E-state index is 11.7. The molecule has 17 heavy (non-hydrogen) atoms. The third-order valence-corrected chi connectivity index (χ3v) is 3.54. The molecule has 3 atom stereocenters. The Morgan fingerprint density at radius 1 is 1.41 bits per heavy atom. The Morgan fingerprint density at radius 2 is 2.06 bits per heavy atom. The Bertz CT molecular complexity index is 374. The maximum Gasteiger partial charge on any atom is 0.223 e. The van der Waals surface area contributed by atoms with Gasteiger partial charge in [0.25, 0.3) is 0 Å². The molecular weight excluding hydrogens is 210 g/mol. The molecule has 1 saturated carbocycles. The number of hydrogen-bond acceptors (Lipinski definition) is 1. The zero-order chi connectivity index (χ0) is 12.3. The first-order valence-electron chi connectivity index (χ1n) is 6.51. The molecule has 0 saturated heterocycles. The lowest BCUT2D eigenvalue weighted by molar-refractivity contribution is -0.123. The Hall–Kier alpha value is -1.31. The molecule has 1 amide bonds. The summed E-state index contributed by atoms with van der Waals surface area (Å²) >= 11 is 0. The molecule has 1 aromatic carbocycles. The summed E-state index contributed by atoms with van der Waals surface area (Å²) in [6.07, 6.45) is 3.11. The first-order valence-corrected chi connectivity index (χ1v) is 6.51. The number of nitrogens with one attached hydrogen (secondary N) is 1. The van der Waals surface area contributed by atoms with Crippen LogP contribution < -0.4 is 5.32 Å². The predicted molar refractivity (Wildman–Crippen MR) is 69.6 cm³/mol. The average molecular weight is 231 g/mol. The van der Waals surface area contributed by atoms with E-state index in [0.717, 1.165) is 19.3 Å². The van der Waals surface area contributed by atoms with E-state index in [2.05, 4.69) is 43.4 Å². The number of benzene rings is 1. The van der Waals surface area contributed by atoms with E-state index in [1.54, 1.807) is 0 Å². The zero-order valence-corrected chi connectivity index (χ0v) is 10.6. The van der Waals surface area contributed by atoms with Gasteiger partial charge in [-0.1, -0.05) is 37.3 Å². The third-order valence-electron chi connectivity index (χ3n) is 3.54. The second-order valence-corrected chi connectivity index (χ2v) is 5.25. The van der Waals surface area contributed by atoms with Crippen molar-refractivity contribution in [2.24, 2.45) is 11.8 Å². The highest BCUT2D eigenvalue weighted by Gasteiger charge is 2.39. The van der Waals surface area contributed by atoms with Crippen molar-refractivity contribution >= 4 is 5.91 Å². The lowest BCUT2D eigenvalue weighted by Gasteiger charge is -2.13. The molecule has 0 spiro atoms. The normalized spacial score (nSPS) is 24.1. The minimum Gasteiger partial charge on any atom is -0.353 e. The first-order chi connectivity index (χ1) is 8.16. The molecule has 1 N–H and O–H groups in total. The Kier molecular flexibility index (Phi) is 3.82. The van der Waals surface area contributed by atoms with Crippen LogP contribution in [0.1, 0.15) is 32.3 Å². The van der Waals surface area contributed by atoms with Crippen LogP contribution in [0.15, 0.2) is 30.3 Å². The molecule has 3 unspecified atom stereocenters. The molecule has 0 radical (unpaired) electrons. The van der Waals surface area contributed by atoms with Crippen LogP contribution in [0.25, 0.3) is 0 Å². The number of hydrogen-bond donors (Lipinski definition) is 1. The van der Waals surface area contributed by atoms with E-state index in [9.17, 15) is 4.79 Å². The van der Waals surface area contributed by atoms with E-state index >= 15 is 0 Å². The van der Waals surface area contributed by atoms with Crippen LogP contribution in [-0.2, 0) is 11.2 Å². The molecule has 1 aliphatic carbocycles. The summed E-state index contributed by atoms with van der Waals surface area (Å²) in [5, 5.41) is 3.10. The van der Waals surface area contributed by atoms with Crippen LogP contribution in [0.2, 0.25) is 0 Å². The van der Waals surface area contributed by atoms with Gasteiger partial charge in [-0.05, 0) is 37.7 Å². The lowest BCUT2D eigenvalue weighted by atomic mass is 10.1. The summed E-state index contributed by atoms with van der Waals surface area (Å²) in [5.74, 6) is 1.13. The van der Waals surface area contributed by atoms with E-state index in [0.29, 0.717) is 5.92 Å². The number of carbonyl (C=O) groups excluding carboxylic acids is 1. The van der Waals surface area contributed by atoms with Gasteiger partial charge in [-0.25, -0.2) is 0 Å². The average Bonchev–Trinajstić information content (AvgIpc) is 3.05. The van der Waals surface area contributed by atoms with Crippen molar-refractivity contribution in [3.63, 3.8) is 0 Å². The smallest absolute Gasteiger partial charge is 0.223 e. The number of aryl methyl sites for hydroxylation is 1. The summed E-state index contributed by atoms with van der Waals surface area (Å²) in [5.41, 5.74) is 1.34. The van der Waals surface area contributed by atoms with Crippen molar-refractivity contribution in [3.8, 4) is 0 Å². The molecule has 0 bridgehead atoms. The van der Waals surface area contributed by atoms with Crippen molar-refractivity contribution in [2.75, 3.05) is 0 Å². The largest absolute Gasteiger partial charge is 0.353 e. The van der Waals surface area contributed by atoms with E-state index in [1.165, 1.54) is 5.56 Å². The number of carbonyl (C=O) groups is 1. The topological polar surface area (TPSA) is 29.1 Å². The standard InChI is InChI=1S/C15H21NO/c1-11-10-14(11)15(17)16-12(2)8-9-13-6-4-3-5-7-13/h3-7,11-12,14H,8-10H2,1-2H3,(H,16,17). The van der Waals surface area contributed by atoms with Crippen molar-refractivity contribution in [1.82, 2.24) is 5.32 Å². The van der Waals surface area contributed by atoms with Gasteiger partial charge in [-0.3, -0.25) is 4.79 Å². The molecule has 92 valence electrons. The molecular formula is C15H21NO. The Morgan fingerprint density at radius 3 is 2.65 bits per heavy atom. The van der Waals surface area contributed by atoms with Crippen molar-refractivity contribution in [3.05, 3.63) is 35.9 Å². The molecule has 1 aliphatic rings. The van der Waals surface area contributed by atoms with Gasteiger partial charge in [0.15, 0.2) is 0 Å². The van der Waals surface area contributed by atoms with Gasteiger partial charge in [-0.15, -0.1) is 0 Å². The summed E-state index contributed by atoms with van der Waals surface area (Å²) in [4.78, 5) is 11.7. The minimum atomic E-state index is 0.248. The molecule has 2 nitrogen and oxygen atoms in total. The second-order valence-electron chi connectivity index (χ2n) is 5.25. The fourth-order valence-electron chi connectivity index (χ4n) is 2.14. The van der Waals surface area contributed by atoms with Gasteiger partial charge in [0.2, 0.25) is 5.91 Å². The zero-order valence-electron chi connectivity index (χ0n) is 10.6. The molecule has 2 heteroatoms. The molecule has 1 fully saturated rings. The van der Waals surface area contributed by atoms with Gasteiger partial charge in [0, 0.05) is 12.0 Å². The monoisotopic (exact) mass is 231 g/mol. The highest BCUT2D eigenvalue weighted by molar-refractivity contribution is 5.81. The van der Waals surface area contributed by atoms with Gasteiger partial charge in [-0.2, -0.15) is 0 Å². The van der Waals surface area contributed by atoms with Gasteiger partial charge in [0.05, 0.1) is 0 Å².